The maximum atomic E-state index is 4.74. The molecule has 0 amide bonds. The predicted octanol–water partition coefficient (Wildman–Crippen LogP) is 2.47. The molecule has 0 unspecified atom stereocenters. The molecule has 1 aromatic carbocycles. The third-order valence-electron chi connectivity index (χ3n) is 3.80. The van der Waals surface area contributed by atoms with Crippen molar-refractivity contribution < 1.29 is 0 Å². The number of hydrogen-bond acceptors (Lipinski definition) is 6. The molecule has 0 radical (unpaired) electrons. The van der Waals surface area contributed by atoms with E-state index in [1.54, 1.807) is 6.20 Å². The molecule has 0 saturated carbocycles. The lowest BCUT2D eigenvalue weighted by atomic mass is 10.1. The highest BCUT2D eigenvalue weighted by Gasteiger charge is 2.16. The highest BCUT2D eigenvalue weighted by Crippen LogP contribution is 2.29. The van der Waals surface area contributed by atoms with Gasteiger partial charge in [-0.05, 0) is 6.92 Å². The molecule has 0 spiro atoms. The number of H-pyrrole nitrogens is 1. The monoisotopic (exact) mass is 305 g/mol. The number of hydrogen-bond donors (Lipinski definition) is 1. The van der Waals surface area contributed by atoms with Crippen molar-refractivity contribution in [1.82, 2.24) is 25.1 Å². The van der Waals surface area contributed by atoms with Crippen LogP contribution in [0.3, 0.4) is 0 Å². The lowest BCUT2D eigenvalue weighted by molar-refractivity contribution is 0.885. The summed E-state index contributed by atoms with van der Waals surface area (Å²) < 4.78 is 0. The van der Waals surface area contributed by atoms with Crippen LogP contribution in [0.15, 0.2) is 41.8 Å². The van der Waals surface area contributed by atoms with Gasteiger partial charge in [0.15, 0.2) is 17.5 Å². The van der Waals surface area contributed by atoms with Crippen LogP contribution in [0.1, 0.15) is 6.92 Å². The lowest BCUT2D eigenvalue weighted by Gasteiger charge is -2.24. The number of aromatic nitrogens is 5. The Hall–Kier alpha value is -3.09. The molecule has 0 aliphatic carbocycles. The molecule has 3 aromatic rings. The normalized spacial score (nSPS) is 13.2. The molecular weight excluding hydrogens is 290 g/mol. The van der Waals surface area contributed by atoms with E-state index in [0.29, 0.717) is 5.82 Å². The summed E-state index contributed by atoms with van der Waals surface area (Å²) in [6, 6.07) is 8.01. The van der Waals surface area contributed by atoms with Crippen LogP contribution in [-0.4, -0.2) is 44.5 Å². The minimum atomic E-state index is 0.681. The van der Waals surface area contributed by atoms with Crippen LogP contribution in [0.25, 0.3) is 22.6 Å². The fourth-order valence-corrected chi connectivity index (χ4v) is 2.55. The summed E-state index contributed by atoms with van der Waals surface area (Å²) in [6.07, 6.45) is 5.13. The Bertz CT molecular complexity index is 837. The van der Waals surface area contributed by atoms with E-state index in [9.17, 15) is 0 Å². The molecule has 0 bridgehead atoms. The lowest BCUT2D eigenvalue weighted by Crippen LogP contribution is -2.28. The first-order valence-electron chi connectivity index (χ1n) is 7.46. The van der Waals surface area contributed by atoms with Crippen molar-refractivity contribution in [1.29, 1.82) is 0 Å². The fraction of sp³-hybridized carbons (Fsp3) is 0.188. The highest BCUT2D eigenvalue weighted by atomic mass is 15.2. The van der Waals surface area contributed by atoms with E-state index < -0.39 is 0 Å². The number of benzene rings is 1. The van der Waals surface area contributed by atoms with Crippen molar-refractivity contribution >= 4 is 17.9 Å². The average Bonchev–Trinajstić information content (AvgIpc) is 3.15. The van der Waals surface area contributed by atoms with E-state index in [-0.39, 0.29) is 0 Å². The minimum absolute atomic E-state index is 0.681. The van der Waals surface area contributed by atoms with Gasteiger partial charge in [-0.3, -0.25) is 5.10 Å². The first-order chi connectivity index (χ1) is 11.3. The zero-order chi connectivity index (χ0) is 15.6. The Morgan fingerprint density at radius 1 is 1.13 bits per heavy atom. The number of nitrogens with one attached hydrogen (secondary N) is 1. The molecule has 114 valence electrons. The predicted molar refractivity (Wildman–Crippen MR) is 88.9 cm³/mol. The molecule has 1 aliphatic rings. The molecule has 4 rings (SSSR count). The summed E-state index contributed by atoms with van der Waals surface area (Å²) in [4.78, 5) is 19.8. The fourth-order valence-electron chi connectivity index (χ4n) is 2.55. The van der Waals surface area contributed by atoms with Gasteiger partial charge in [0.25, 0.3) is 0 Å². The van der Waals surface area contributed by atoms with E-state index in [0.717, 1.165) is 41.6 Å². The Labute approximate surface area is 133 Å². The summed E-state index contributed by atoms with van der Waals surface area (Å²) in [5.41, 5.74) is 2.83. The smallest absolute Gasteiger partial charge is 0.195 e. The van der Waals surface area contributed by atoms with Gasteiger partial charge in [-0.15, -0.1) is 0 Å². The van der Waals surface area contributed by atoms with Gasteiger partial charge in [-0.25, -0.2) is 19.9 Å². The Morgan fingerprint density at radius 2 is 1.96 bits per heavy atom. The van der Waals surface area contributed by atoms with E-state index in [2.05, 4.69) is 37.0 Å². The summed E-state index contributed by atoms with van der Waals surface area (Å²) in [5.74, 6) is 2.27. The Morgan fingerprint density at radius 3 is 2.70 bits per heavy atom. The standard InChI is InChI=1S/C16H15N7/c1-2-23-8-7-17-15-16(23)21-13(9-18-15)11-3-5-12(6-4-11)14-19-10-20-22-14/h3-7,9-10H,2,8H2,1H3,(H,19,20,22). The summed E-state index contributed by atoms with van der Waals surface area (Å²) >= 11 is 0. The van der Waals surface area contributed by atoms with Gasteiger partial charge >= 0.3 is 0 Å². The zero-order valence-corrected chi connectivity index (χ0v) is 12.6. The van der Waals surface area contributed by atoms with Crippen LogP contribution in [0.2, 0.25) is 0 Å². The summed E-state index contributed by atoms with van der Waals surface area (Å²) in [5, 5.41) is 6.72. The molecule has 3 heterocycles. The van der Waals surface area contributed by atoms with E-state index in [1.807, 2.05) is 30.5 Å². The van der Waals surface area contributed by atoms with Crippen molar-refractivity contribution in [2.75, 3.05) is 18.0 Å². The molecule has 1 aliphatic heterocycles. The number of aromatic amines is 1. The number of fused-ring (bicyclic) bond motifs is 1. The second-order valence-corrected chi connectivity index (χ2v) is 5.16. The minimum Gasteiger partial charge on any atom is -0.348 e. The van der Waals surface area contributed by atoms with Gasteiger partial charge in [0.05, 0.1) is 18.4 Å². The first-order valence-corrected chi connectivity index (χ1v) is 7.46. The van der Waals surface area contributed by atoms with Crippen LogP contribution in [-0.2, 0) is 0 Å². The Balaban J connectivity index is 1.70. The SMILES string of the molecule is CCN1CC=Nc2ncc(-c3ccc(-c4ncn[nH]4)cc3)nc21. The van der Waals surface area contributed by atoms with Crippen LogP contribution >= 0.6 is 0 Å². The van der Waals surface area contributed by atoms with Gasteiger partial charge < -0.3 is 4.90 Å². The zero-order valence-electron chi connectivity index (χ0n) is 12.6. The Kier molecular flexibility index (Phi) is 3.30. The number of anilines is 1. The number of rotatable bonds is 3. The molecule has 0 saturated heterocycles. The number of nitrogens with zero attached hydrogens (tertiary/aromatic N) is 6. The van der Waals surface area contributed by atoms with Crippen LogP contribution in [0, 0.1) is 0 Å². The van der Waals surface area contributed by atoms with Crippen molar-refractivity contribution in [3.05, 3.63) is 36.8 Å². The van der Waals surface area contributed by atoms with Crippen molar-refractivity contribution in [3.63, 3.8) is 0 Å². The first kappa shape index (κ1) is 13.6. The van der Waals surface area contributed by atoms with Crippen LogP contribution in [0.4, 0.5) is 11.6 Å². The van der Waals surface area contributed by atoms with Crippen molar-refractivity contribution in [3.8, 4) is 22.6 Å². The third-order valence-corrected chi connectivity index (χ3v) is 3.80. The summed E-state index contributed by atoms with van der Waals surface area (Å²) in [6.45, 7) is 3.75. The molecule has 7 nitrogen and oxygen atoms in total. The van der Waals surface area contributed by atoms with Crippen molar-refractivity contribution in [2.45, 2.75) is 6.92 Å². The second kappa shape index (κ2) is 5.60. The molecule has 7 heteroatoms. The van der Waals surface area contributed by atoms with Gasteiger partial charge in [-0.2, -0.15) is 5.10 Å². The quantitative estimate of drug-likeness (QED) is 0.803. The van der Waals surface area contributed by atoms with Gasteiger partial charge in [0, 0.05) is 23.9 Å². The third kappa shape index (κ3) is 2.46. The maximum absolute atomic E-state index is 4.74. The second-order valence-electron chi connectivity index (χ2n) is 5.16. The molecule has 23 heavy (non-hydrogen) atoms. The maximum Gasteiger partial charge on any atom is 0.195 e. The average molecular weight is 305 g/mol. The molecule has 0 atom stereocenters. The molecule has 1 N–H and O–H groups in total. The van der Waals surface area contributed by atoms with Crippen LogP contribution in [0.5, 0.6) is 0 Å². The molecule has 2 aromatic heterocycles. The van der Waals surface area contributed by atoms with Gasteiger partial charge in [0.1, 0.15) is 6.33 Å². The topological polar surface area (TPSA) is 83.0 Å². The van der Waals surface area contributed by atoms with E-state index in [4.69, 9.17) is 4.98 Å². The molecular formula is C16H15N7. The van der Waals surface area contributed by atoms with Crippen LogP contribution < -0.4 is 4.90 Å². The highest BCUT2D eigenvalue weighted by molar-refractivity contribution is 5.78. The summed E-state index contributed by atoms with van der Waals surface area (Å²) in [7, 11) is 0. The van der Waals surface area contributed by atoms with E-state index in [1.165, 1.54) is 6.33 Å². The van der Waals surface area contributed by atoms with Crippen molar-refractivity contribution in [2.24, 2.45) is 4.99 Å². The van der Waals surface area contributed by atoms with E-state index >= 15 is 0 Å². The van der Waals surface area contributed by atoms with Gasteiger partial charge in [0.2, 0.25) is 0 Å². The molecule has 0 fully saturated rings. The largest absolute Gasteiger partial charge is 0.348 e. The number of aliphatic imine (C=N–C) groups is 1. The van der Waals surface area contributed by atoms with Gasteiger partial charge in [-0.1, -0.05) is 24.3 Å².